The monoisotopic (exact) mass is 383 g/mol. The molecule has 1 aliphatic rings. The highest BCUT2D eigenvalue weighted by molar-refractivity contribution is 9.10. The quantitative estimate of drug-likeness (QED) is 0.774. The maximum Gasteiger partial charge on any atom is 0.416 e. The van der Waals surface area contributed by atoms with E-state index in [4.69, 9.17) is 0 Å². The van der Waals surface area contributed by atoms with Crippen LogP contribution in [0, 0.1) is 5.92 Å². The highest BCUT2D eigenvalue weighted by Crippen LogP contribution is 2.48. The van der Waals surface area contributed by atoms with Crippen molar-refractivity contribution in [2.24, 2.45) is 5.92 Å². The van der Waals surface area contributed by atoms with E-state index < -0.39 is 11.7 Å². The molecule has 1 aliphatic carbocycles. The van der Waals surface area contributed by atoms with Crippen molar-refractivity contribution >= 4 is 27.5 Å². The summed E-state index contributed by atoms with van der Waals surface area (Å²) in [7, 11) is 0. The van der Waals surface area contributed by atoms with E-state index in [0.29, 0.717) is 12.1 Å². The predicted molar refractivity (Wildman–Crippen MR) is 85.1 cm³/mol. The predicted octanol–water partition coefficient (Wildman–Crippen LogP) is 5.21. The maximum absolute atomic E-state index is 12.6. The molecular formula is C17H13BrF3NO. The van der Waals surface area contributed by atoms with Crippen LogP contribution in [0.3, 0.4) is 0 Å². The molecule has 3 rings (SSSR count). The number of carbonyl (C=O) groups is 1. The number of benzene rings is 2. The molecule has 0 aromatic heterocycles. The van der Waals surface area contributed by atoms with Crippen molar-refractivity contribution in [3.05, 3.63) is 64.1 Å². The number of amides is 1. The van der Waals surface area contributed by atoms with Gasteiger partial charge in [0.25, 0.3) is 0 Å². The molecule has 2 unspecified atom stereocenters. The third kappa shape index (κ3) is 3.58. The molecule has 2 atom stereocenters. The van der Waals surface area contributed by atoms with Gasteiger partial charge in [0.1, 0.15) is 0 Å². The Morgan fingerprint density at radius 2 is 1.74 bits per heavy atom. The third-order valence-electron chi connectivity index (χ3n) is 3.93. The van der Waals surface area contributed by atoms with Crippen molar-refractivity contribution in [1.29, 1.82) is 0 Å². The number of alkyl halides is 3. The lowest BCUT2D eigenvalue weighted by Gasteiger charge is -2.08. The molecule has 2 aromatic carbocycles. The second kappa shape index (κ2) is 6.00. The second-order valence-corrected chi connectivity index (χ2v) is 6.39. The minimum absolute atomic E-state index is 0.0141. The summed E-state index contributed by atoms with van der Waals surface area (Å²) in [5.74, 6) is -0.319. The molecule has 0 bridgehead atoms. The van der Waals surface area contributed by atoms with E-state index >= 15 is 0 Å². The molecule has 1 N–H and O–H groups in total. The average molecular weight is 384 g/mol. The molecule has 1 amide bonds. The summed E-state index contributed by atoms with van der Waals surface area (Å²) >= 11 is 3.36. The fourth-order valence-electron chi connectivity index (χ4n) is 2.56. The molecule has 0 heterocycles. The van der Waals surface area contributed by atoms with E-state index in [9.17, 15) is 18.0 Å². The van der Waals surface area contributed by atoms with E-state index in [0.717, 1.165) is 22.2 Å². The van der Waals surface area contributed by atoms with Crippen LogP contribution in [-0.4, -0.2) is 5.91 Å². The molecule has 23 heavy (non-hydrogen) atoms. The highest BCUT2D eigenvalue weighted by Gasteiger charge is 2.44. The molecule has 0 radical (unpaired) electrons. The Morgan fingerprint density at radius 3 is 2.35 bits per heavy atom. The Balaban J connectivity index is 1.65. The molecule has 0 spiro atoms. The molecule has 0 aliphatic heterocycles. The Morgan fingerprint density at radius 1 is 1.09 bits per heavy atom. The first-order valence-electron chi connectivity index (χ1n) is 7.09. The first-order valence-corrected chi connectivity index (χ1v) is 7.88. The lowest BCUT2D eigenvalue weighted by Crippen LogP contribution is -2.14. The van der Waals surface area contributed by atoms with Crippen LogP contribution in [0.5, 0.6) is 0 Å². The summed E-state index contributed by atoms with van der Waals surface area (Å²) in [5.41, 5.74) is 0.789. The Labute approximate surface area is 139 Å². The van der Waals surface area contributed by atoms with Gasteiger partial charge in [0, 0.05) is 10.4 Å². The number of halogens is 4. The van der Waals surface area contributed by atoms with Gasteiger partial charge in [-0.3, -0.25) is 4.79 Å². The van der Waals surface area contributed by atoms with Gasteiger partial charge >= 0.3 is 6.18 Å². The van der Waals surface area contributed by atoms with E-state index in [1.165, 1.54) is 12.1 Å². The summed E-state index contributed by atoms with van der Waals surface area (Å²) < 4.78 is 38.5. The van der Waals surface area contributed by atoms with E-state index in [1.807, 2.05) is 18.2 Å². The molecular weight excluding hydrogens is 371 g/mol. The van der Waals surface area contributed by atoms with E-state index in [2.05, 4.69) is 21.2 Å². The summed E-state index contributed by atoms with van der Waals surface area (Å²) in [6, 6.07) is 12.3. The van der Waals surface area contributed by atoms with Crippen LogP contribution in [0.15, 0.2) is 53.0 Å². The number of hydrogen-bond acceptors (Lipinski definition) is 1. The van der Waals surface area contributed by atoms with Crippen molar-refractivity contribution in [3.63, 3.8) is 0 Å². The van der Waals surface area contributed by atoms with Gasteiger partial charge in [-0.1, -0.05) is 24.3 Å². The van der Waals surface area contributed by atoms with E-state index in [1.54, 1.807) is 6.07 Å². The largest absolute Gasteiger partial charge is 0.416 e. The Hall–Kier alpha value is -1.82. The highest BCUT2D eigenvalue weighted by atomic mass is 79.9. The fourth-order valence-corrected chi connectivity index (χ4v) is 2.94. The fraction of sp³-hybridized carbons (Fsp3) is 0.235. The van der Waals surface area contributed by atoms with Gasteiger partial charge in [-0.05, 0) is 58.1 Å². The number of anilines is 1. The number of hydrogen-bond donors (Lipinski definition) is 1. The lowest BCUT2D eigenvalue weighted by atomic mass is 10.1. The minimum atomic E-state index is -4.33. The van der Waals surface area contributed by atoms with Crippen molar-refractivity contribution in [2.75, 3.05) is 5.32 Å². The first-order chi connectivity index (χ1) is 10.9. The summed E-state index contributed by atoms with van der Waals surface area (Å²) in [5, 5.41) is 2.84. The van der Waals surface area contributed by atoms with Gasteiger partial charge in [0.2, 0.25) is 5.91 Å². The summed E-state index contributed by atoms with van der Waals surface area (Å²) in [6.45, 7) is 0. The lowest BCUT2D eigenvalue weighted by molar-refractivity contribution is -0.137. The van der Waals surface area contributed by atoms with Crippen LogP contribution >= 0.6 is 15.9 Å². The van der Waals surface area contributed by atoms with Crippen LogP contribution in [-0.2, 0) is 11.0 Å². The van der Waals surface area contributed by atoms with Crippen molar-refractivity contribution in [1.82, 2.24) is 0 Å². The molecule has 0 saturated heterocycles. The zero-order valence-corrected chi connectivity index (χ0v) is 13.5. The van der Waals surface area contributed by atoms with Gasteiger partial charge in [0.05, 0.1) is 11.3 Å². The maximum atomic E-state index is 12.6. The van der Waals surface area contributed by atoms with E-state index in [-0.39, 0.29) is 17.7 Å². The van der Waals surface area contributed by atoms with Gasteiger partial charge in [0.15, 0.2) is 0 Å². The Kier molecular flexibility index (Phi) is 4.19. The standard InChI is InChI=1S/C17H13BrF3NO/c18-14-3-1-2-4-15(14)22-16(23)13-9-12(13)10-5-7-11(8-6-10)17(19,20)21/h1-8,12-13H,9H2,(H,22,23). The second-order valence-electron chi connectivity index (χ2n) is 5.54. The molecule has 2 nitrogen and oxygen atoms in total. The van der Waals surface area contributed by atoms with Crippen LogP contribution < -0.4 is 5.32 Å². The van der Waals surface area contributed by atoms with Crippen molar-refractivity contribution in [2.45, 2.75) is 18.5 Å². The van der Waals surface area contributed by atoms with Gasteiger partial charge in [-0.25, -0.2) is 0 Å². The van der Waals surface area contributed by atoms with Crippen LogP contribution in [0.1, 0.15) is 23.5 Å². The average Bonchev–Trinajstić information content (AvgIpc) is 3.29. The molecule has 120 valence electrons. The summed E-state index contributed by atoms with van der Waals surface area (Å²) in [6.07, 6.45) is -3.68. The van der Waals surface area contributed by atoms with Gasteiger partial charge in [-0.15, -0.1) is 0 Å². The zero-order valence-electron chi connectivity index (χ0n) is 11.9. The number of carbonyl (C=O) groups excluding carboxylic acids is 1. The number of rotatable bonds is 3. The SMILES string of the molecule is O=C(Nc1ccccc1Br)C1CC1c1ccc(C(F)(F)F)cc1. The number of para-hydroxylation sites is 1. The molecule has 6 heteroatoms. The zero-order chi connectivity index (χ0) is 16.6. The van der Waals surface area contributed by atoms with Gasteiger partial charge < -0.3 is 5.32 Å². The minimum Gasteiger partial charge on any atom is -0.325 e. The smallest absolute Gasteiger partial charge is 0.325 e. The first kappa shape index (κ1) is 16.1. The Bertz CT molecular complexity index is 727. The molecule has 1 fully saturated rings. The van der Waals surface area contributed by atoms with Crippen LogP contribution in [0.4, 0.5) is 18.9 Å². The molecule has 2 aromatic rings. The van der Waals surface area contributed by atoms with Crippen LogP contribution in [0.25, 0.3) is 0 Å². The third-order valence-corrected chi connectivity index (χ3v) is 4.62. The van der Waals surface area contributed by atoms with Gasteiger partial charge in [-0.2, -0.15) is 13.2 Å². The number of nitrogens with one attached hydrogen (secondary N) is 1. The van der Waals surface area contributed by atoms with Crippen LogP contribution in [0.2, 0.25) is 0 Å². The summed E-state index contributed by atoms with van der Waals surface area (Å²) in [4.78, 5) is 12.2. The molecule has 1 saturated carbocycles. The topological polar surface area (TPSA) is 29.1 Å². The van der Waals surface area contributed by atoms with Crippen molar-refractivity contribution in [3.8, 4) is 0 Å². The van der Waals surface area contributed by atoms with Crippen molar-refractivity contribution < 1.29 is 18.0 Å². The normalized spacial score (nSPS) is 20.2.